The number of anilines is 1. The van der Waals surface area contributed by atoms with Crippen LogP contribution in [-0.2, 0) is 0 Å². The molecule has 0 radical (unpaired) electrons. The van der Waals surface area contributed by atoms with E-state index in [1.165, 1.54) is 5.56 Å². The lowest BCUT2D eigenvalue weighted by Crippen LogP contribution is -2.22. The molecule has 0 saturated heterocycles. The van der Waals surface area contributed by atoms with Crippen molar-refractivity contribution < 1.29 is 0 Å². The van der Waals surface area contributed by atoms with Crippen LogP contribution in [0.1, 0.15) is 5.56 Å². The summed E-state index contributed by atoms with van der Waals surface area (Å²) in [6.07, 6.45) is 1.84. The molecule has 0 atom stereocenters. The molecule has 1 aliphatic heterocycles. The Kier molecular flexibility index (Phi) is 3.74. The smallest absolute Gasteiger partial charge is 0.113 e. The zero-order chi connectivity index (χ0) is 9.26. The minimum atomic E-state index is 0. The molecule has 0 unspecified atom stereocenters. The maximum absolute atomic E-state index is 4.26. The van der Waals surface area contributed by atoms with Crippen molar-refractivity contribution in [3.63, 3.8) is 0 Å². The highest BCUT2D eigenvalue weighted by atomic mass is 127. The lowest BCUT2D eigenvalue weighted by atomic mass is 10.2. The molecule has 0 fully saturated rings. The van der Waals surface area contributed by atoms with Crippen molar-refractivity contribution >= 4 is 36.0 Å². The fraction of sp³-hybridized carbons (Fsp3) is 0.300. The van der Waals surface area contributed by atoms with Gasteiger partial charge in [-0.15, -0.1) is 24.0 Å². The summed E-state index contributed by atoms with van der Waals surface area (Å²) >= 11 is 0. The maximum atomic E-state index is 4.26. The molecule has 0 aromatic heterocycles. The van der Waals surface area contributed by atoms with Crippen molar-refractivity contribution in [1.82, 2.24) is 4.90 Å². The normalized spacial score (nSPS) is 14.4. The Morgan fingerprint density at radius 2 is 2.14 bits per heavy atom. The molecular weight excluding hydrogens is 289 g/mol. The van der Waals surface area contributed by atoms with E-state index >= 15 is 0 Å². The highest BCUT2D eigenvalue weighted by Crippen LogP contribution is 2.17. The van der Waals surface area contributed by atoms with Gasteiger partial charge in [0.25, 0.3) is 0 Å². The Balaban J connectivity index is 0.000000980. The van der Waals surface area contributed by atoms with Crippen molar-refractivity contribution in [3.8, 4) is 0 Å². The molecule has 2 rings (SSSR count). The highest BCUT2D eigenvalue weighted by molar-refractivity contribution is 14.0. The summed E-state index contributed by atoms with van der Waals surface area (Å²) in [5.41, 5.74) is 2.42. The molecule has 14 heavy (non-hydrogen) atoms. The van der Waals surface area contributed by atoms with E-state index in [2.05, 4.69) is 36.3 Å². The Labute approximate surface area is 101 Å². The lowest BCUT2D eigenvalue weighted by molar-refractivity contribution is 0.549. The number of aryl methyl sites for hydroxylation is 1. The van der Waals surface area contributed by atoms with Crippen LogP contribution in [0.2, 0.25) is 0 Å². The van der Waals surface area contributed by atoms with Crippen LogP contribution in [0.5, 0.6) is 0 Å². The minimum Gasteiger partial charge on any atom is -0.345 e. The van der Waals surface area contributed by atoms with E-state index < -0.39 is 0 Å². The lowest BCUT2D eigenvalue weighted by Gasteiger charge is -2.15. The van der Waals surface area contributed by atoms with Gasteiger partial charge in [0.15, 0.2) is 0 Å². The molecule has 1 aromatic rings. The van der Waals surface area contributed by atoms with E-state index in [0.29, 0.717) is 0 Å². The Morgan fingerprint density at radius 3 is 2.71 bits per heavy atom. The van der Waals surface area contributed by atoms with Crippen molar-refractivity contribution in [2.75, 3.05) is 18.7 Å². The largest absolute Gasteiger partial charge is 0.345 e. The summed E-state index contributed by atoms with van der Waals surface area (Å²) in [4.78, 5) is 2.04. The summed E-state index contributed by atoms with van der Waals surface area (Å²) in [7, 11) is 2.01. The van der Waals surface area contributed by atoms with Crippen molar-refractivity contribution in [2.45, 2.75) is 6.92 Å². The van der Waals surface area contributed by atoms with Gasteiger partial charge in [0.2, 0.25) is 0 Å². The zero-order valence-electron chi connectivity index (χ0n) is 8.34. The topological polar surface area (TPSA) is 18.8 Å². The first-order chi connectivity index (χ1) is 6.25. The van der Waals surface area contributed by atoms with Gasteiger partial charge in [-0.05, 0) is 24.6 Å². The molecule has 1 aromatic carbocycles. The summed E-state index contributed by atoms with van der Waals surface area (Å²) in [6.45, 7) is 2.93. The van der Waals surface area contributed by atoms with Crippen molar-refractivity contribution in [1.29, 1.82) is 0 Å². The van der Waals surface area contributed by atoms with Crippen LogP contribution < -0.4 is 5.01 Å². The summed E-state index contributed by atoms with van der Waals surface area (Å²) in [5.74, 6) is 0. The third-order valence-electron chi connectivity index (χ3n) is 2.04. The van der Waals surface area contributed by atoms with E-state index in [-0.39, 0.29) is 24.0 Å². The second-order valence-corrected chi connectivity index (χ2v) is 3.37. The number of hydrogen-bond donors (Lipinski definition) is 0. The van der Waals surface area contributed by atoms with E-state index in [9.17, 15) is 0 Å². The van der Waals surface area contributed by atoms with Crippen molar-refractivity contribution in [3.05, 3.63) is 29.8 Å². The van der Waals surface area contributed by atoms with Crippen LogP contribution in [0.3, 0.4) is 0 Å². The van der Waals surface area contributed by atoms with Gasteiger partial charge in [-0.1, -0.05) is 12.1 Å². The molecule has 0 spiro atoms. The molecular formula is C10H14IN3. The van der Waals surface area contributed by atoms with Crippen LogP contribution in [0.15, 0.2) is 29.4 Å². The fourth-order valence-corrected chi connectivity index (χ4v) is 1.37. The van der Waals surface area contributed by atoms with Gasteiger partial charge in [-0.2, -0.15) is 5.10 Å². The maximum Gasteiger partial charge on any atom is 0.113 e. The van der Waals surface area contributed by atoms with Gasteiger partial charge >= 0.3 is 0 Å². The number of benzene rings is 1. The van der Waals surface area contributed by atoms with Gasteiger partial charge in [0.05, 0.1) is 5.69 Å². The van der Waals surface area contributed by atoms with E-state index in [1.807, 2.05) is 23.3 Å². The molecule has 0 N–H and O–H groups in total. The molecule has 1 heterocycles. The predicted molar refractivity (Wildman–Crippen MR) is 70.2 cm³/mol. The monoisotopic (exact) mass is 303 g/mol. The van der Waals surface area contributed by atoms with E-state index in [0.717, 1.165) is 12.4 Å². The van der Waals surface area contributed by atoms with Crippen LogP contribution in [0.25, 0.3) is 0 Å². The quantitative estimate of drug-likeness (QED) is 0.741. The molecule has 1 aliphatic rings. The average molecular weight is 303 g/mol. The average Bonchev–Trinajstić information content (AvgIpc) is 2.52. The molecule has 0 saturated carbocycles. The molecule has 0 aliphatic carbocycles. The minimum absolute atomic E-state index is 0. The fourth-order valence-electron chi connectivity index (χ4n) is 1.37. The first kappa shape index (κ1) is 11.3. The van der Waals surface area contributed by atoms with E-state index in [4.69, 9.17) is 0 Å². The Bertz CT molecular complexity index is 338. The number of nitrogens with zero attached hydrogens (tertiary/aromatic N) is 3. The number of hydrogen-bond acceptors (Lipinski definition) is 3. The van der Waals surface area contributed by atoms with Gasteiger partial charge in [-0.3, -0.25) is 0 Å². The molecule has 0 amide bonds. The molecule has 4 heteroatoms. The Morgan fingerprint density at radius 1 is 1.36 bits per heavy atom. The van der Waals surface area contributed by atoms with Crippen LogP contribution in [0, 0.1) is 6.92 Å². The van der Waals surface area contributed by atoms with Crippen LogP contribution >= 0.6 is 24.0 Å². The van der Waals surface area contributed by atoms with Gasteiger partial charge < -0.3 is 4.90 Å². The second kappa shape index (κ2) is 4.63. The first-order valence-corrected chi connectivity index (χ1v) is 4.34. The van der Waals surface area contributed by atoms with E-state index in [1.54, 1.807) is 0 Å². The predicted octanol–water partition coefficient (Wildman–Crippen LogP) is 2.27. The van der Waals surface area contributed by atoms with Gasteiger partial charge in [-0.25, -0.2) is 5.01 Å². The first-order valence-electron chi connectivity index (χ1n) is 4.34. The number of hydrazone groups is 1. The van der Waals surface area contributed by atoms with Gasteiger partial charge in [0, 0.05) is 7.05 Å². The van der Waals surface area contributed by atoms with Crippen molar-refractivity contribution in [2.24, 2.45) is 5.10 Å². The molecule has 76 valence electrons. The van der Waals surface area contributed by atoms with Crippen LogP contribution in [-0.4, -0.2) is 25.0 Å². The third kappa shape index (κ3) is 2.37. The molecule has 3 nitrogen and oxygen atoms in total. The summed E-state index contributed by atoms with van der Waals surface area (Å²) < 4.78 is 0. The standard InChI is InChI=1S/C10H13N3.HI/c1-9-4-3-5-10(6-9)13-8-12(2)7-11-13;/h3-7H,8H2,1-2H3;1H. The number of halogens is 1. The molecule has 0 bridgehead atoms. The highest BCUT2D eigenvalue weighted by Gasteiger charge is 2.11. The summed E-state index contributed by atoms with van der Waals surface area (Å²) in [6, 6.07) is 8.35. The second-order valence-electron chi connectivity index (χ2n) is 3.37. The zero-order valence-corrected chi connectivity index (χ0v) is 10.7. The van der Waals surface area contributed by atoms with Crippen LogP contribution in [0.4, 0.5) is 5.69 Å². The SMILES string of the molecule is Cc1cccc(N2CN(C)C=N2)c1.I. The third-order valence-corrected chi connectivity index (χ3v) is 2.04. The summed E-state index contributed by atoms with van der Waals surface area (Å²) in [5, 5.41) is 6.24. The Hall–Kier alpha value is -0.780. The van der Waals surface area contributed by atoms with Gasteiger partial charge in [0.1, 0.15) is 13.0 Å². The number of rotatable bonds is 1.